The summed E-state index contributed by atoms with van der Waals surface area (Å²) in [6.45, 7) is 6.27. The Hall–Kier alpha value is -2.60. The Morgan fingerprint density at radius 2 is 2.14 bits per heavy atom. The van der Waals surface area contributed by atoms with Crippen molar-refractivity contribution in [3.05, 3.63) is 65.1 Å². The van der Waals surface area contributed by atoms with Gasteiger partial charge in [0.15, 0.2) is 0 Å². The highest BCUT2D eigenvalue weighted by atomic mass is 32.2. The number of anilines is 1. The average molecular weight is 394 g/mol. The number of fused-ring (bicyclic) bond motifs is 1. The topological polar surface area (TPSA) is 53.0 Å². The number of benzene rings is 1. The number of piperazine rings is 1. The Balaban J connectivity index is 1.44. The van der Waals surface area contributed by atoms with Crippen molar-refractivity contribution in [1.82, 2.24) is 4.90 Å². The molecule has 3 aliphatic rings. The number of hydrogen-bond donors (Lipinski definition) is 0. The summed E-state index contributed by atoms with van der Waals surface area (Å²) in [5, 5.41) is 0.0128. The third kappa shape index (κ3) is 3.83. The fourth-order valence-electron chi connectivity index (χ4n) is 3.72. The molecule has 1 saturated heterocycles. The van der Waals surface area contributed by atoms with Gasteiger partial charge in [0.25, 0.3) is 5.91 Å². The zero-order valence-corrected chi connectivity index (χ0v) is 16.9. The third-order valence-electron chi connectivity index (χ3n) is 5.18. The minimum absolute atomic E-state index is 0.0128. The van der Waals surface area contributed by atoms with Gasteiger partial charge in [-0.1, -0.05) is 30.4 Å². The molecule has 0 bridgehead atoms. The van der Waals surface area contributed by atoms with Crippen LogP contribution in [0, 0.1) is 6.92 Å². The fraction of sp³-hybridized carbons (Fsp3) is 0.318. The van der Waals surface area contributed by atoms with Crippen LogP contribution in [0.1, 0.15) is 12.5 Å². The number of hydrogen-bond acceptors (Lipinski definition) is 4. The summed E-state index contributed by atoms with van der Waals surface area (Å²) < 4.78 is 0. The molecule has 0 saturated carbocycles. The Morgan fingerprint density at radius 3 is 2.93 bits per heavy atom. The summed E-state index contributed by atoms with van der Waals surface area (Å²) in [5.74, 6) is -0.434. The van der Waals surface area contributed by atoms with E-state index in [0.717, 1.165) is 12.3 Å². The van der Waals surface area contributed by atoms with Crippen LogP contribution in [0.25, 0.3) is 0 Å². The first-order chi connectivity index (χ1) is 13.5. The molecule has 4 rings (SSSR count). The van der Waals surface area contributed by atoms with Crippen LogP contribution in [-0.2, 0) is 9.59 Å². The molecule has 0 spiro atoms. The van der Waals surface area contributed by atoms with Crippen molar-refractivity contribution in [3.8, 4) is 0 Å². The van der Waals surface area contributed by atoms with Gasteiger partial charge in [-0.15, -0.1) is 11.8 Å². The van der Waals surface area contributed by atoms with Crippen molar-refractivity contribution >= 4 is 35.0 Å². The normalized spacial score (nSPS) is 25.7. The largest absolute Gasteiger partial charge is 0.365 e. The van der Waals surface area contributed by atoms with Gasteiger partial charge >= 0.3 is 0 Å². The van der Waals surface area contributed by atoms with E-state index in [2.05, 4.69) is 48.0 Å². The van der Waals surface area contributed by atoms with Gasteiger partial charge in [0.2, 0.25) is 5.91 Å². The molecule has 1 fully saturated rings. The number of rotatable bonds is 2. The van der Waals surface area contributed by atoms with E-state index in [4.69, 9.17) is 0 Å². The van der Waals surface area contributed by atoms with E-state index in [1.807, 2.05) is 29.2 Å². The van der Waals surface area contributed by atoms with E-state index in [0.29, 0.717) is 18.0 Å². The van der Waals surface area contributed by atoms with Gasteiger partial charge in [0, 0.05) is 37.4 Å². The second-order valence-electron chi connectivity index (χ2n) is 7.30. The lowest BCUT2D eigenvalue weighted by Gasteiger charge is -2.41. The molecule has 2 atom stereocenters. The minimum Gasteiger partial charge on any atom is -0.365 e. The van der Waals surface area contributed by atoms with Crippen molar-refractivity contribution in [3.63, 3.8) is 0 Å². The number of carbonyl (C=O) groups excluding carboxylic acids is 2. The van der Waals surface area contributed by atoms with Crippen molar-refractivity contribution in [1.29, 1.82) is 0 Å². The molecule has 6 heteroatoms. The molecular weight excluding hydrogens is 370 g/mol. The molecule has 1 aliphatic carbocycles. The van der Waals surface area contributed by atoms with E-state index in [9.17, 15) is 9.59 Å². The lowest BCUT2D eigenvalue weighted by Crippen LogP contribution is -2.53. The fourth-order valence-corrected chi connectivity index (χ4v) is 4.73. The summed E-state index contributed by atoms with van der Waals surface area (Å²) >= 11 is 1.40. The van der Waals surface area contributed by atoms with Gasteiger partial charge in [-0.25, -0.2) is 4.99 Å². The second kappa shape index (κ2) is 7.80. The molecule has 2 unspecified atom stereocenters. The molecule has 1 aromatic carbocycles. The van der Waals surface area contributed by atoms with Crippen molar-refractivity contribution in [2.24, 2.45) is 4.99 Å². The van der Waals surface area contributed by atoms with Crippen LogP contribution in [0.4, 0.5) is 5.69 Å². The van der Waals surface area contributed by atoms with Crippen LogP contribution in [0.2, 0.25) is 0 Å². The number of thioether (sulfide) groups is 1. The van der Waals surface area contributed by atoms with Gasteiger partial charge < -0.3 is 9.80 Å². The third-order valence-corrected chi connectivity index (χ3v) is 6.38. The molecule has 5 nitrogen and oxygen atoms in total. The molecule has 0 radical (unpaired) electrons. The molecule has 1 aromatic rings. The smallest absolute Gasteiger partial charge is 0.283 e. The lowest BCUT2D eigenvalue weighted by atomic mass is 10.1. The van der Waals surface area contributed by atoms with Crippen LogP contribution in [0.3, 0.4) is 0 Å². The van der Waals surface area contributed by atoms with Crippen molar-refractivity contribution < 1.29 is 9.59 Å². The van der Waals surface area contributed by atoms with Crippen LogP contribution in [-0.4, -0.2) is 53.4 Å². The van der Waals surface area contributed by atoms with E-state index in [1.54, 1.807) is 0 Å². The monoisotopic (exact) mass is 393 g/mol. The first-order valence-corrected chi connectivity index (χ1v) is 10.4. The first kappa shape index (κ1) is 18.7. The highest BCUT2D eigenvalue weighted by molar-refractivity contribution is 8.05. The van der Waals surface area contributed by atoms with Crippen LogP contribution < -0.4 is 4.90 Å². The van der Waals surface area contributed by atoms with Crippen LogP contribution in [0.15, 0.2) is 64.5 Å². The standard InChI is InChI=1S/C22H23N3O2S/c1-15-6-5-7-17(12-15)25-11-10-24(14-16(25)2)21(26)13-20-22(27)23-18-8-3-4-9-19(18)28-20/h3-9,12-13,16,19H,10-11,14H2,1-2H3/b20-13-. The van der Waals surface area contributed by atoms with Crippen LogP contribution in [0.5, 0.6) is 0 Å². The van der Waals surface area contributed by atoms with Crippen molar-refractivity contribution in [2.45, 2.75) is 25.1 Å². The van der Waals surface area contributed by atoms with Gasteiger partial charge in [-0.3, -0.25) is 9.59 Å². The van der Waals surface area contributed by atoms with E-state index >= 15 is 0 Å². The minimum atomic E-state index is -0.323. The maximum Gasteiger partial charge on any atom is 0.283 e. The molecule has 144 valence electrons. The highest BCUT2D eigenvalue weighted by Gasteiger charge is 2.29. The summed E-state index contributed by atoms with van der Waals surface area (Å²) in [6, 6.07) is 8.65. The summed E-state index contributed by atoms with van der Waals surface area (Å²) in [4.78, 5) is 33.8. The number of carbonyl (C=O) groups is 2. The zero-order chi connectivity index (χ0) is 19.7. The molecule has 28 heavy (non-hydrogen) atoms. The summed E-state index contributed by atoms with van der Waals surface area (Å²) in [7, 11) is 0. The molecule has 2 amide bonds. The molecule has 2 heterocycles. The number of nitrogens with zero attached hydrogens (tertiary/aromatic N) is 3. The SMILES string of the molecule is Cc1cccc(N2CCN(C(=O)/C=C3\SC4C=CC=CC4=NC3=O)CC2C)c1. The Labute approximate surface area is 169 Å². The van der Waals surface area contributed by atoms with Gasteiger partial charge in [0.05, 0.1) is 15.9 Å². The number of amides is 2. The molecule has 2 aliphatic heterocycles. The molecule has 0 N–H and O–H groups in total. The number of aliphatic imine (C=N–C) groups is 1. The predicted molar refractivity (Wildman–Crippen MR) is 115 cm³/mol. The number of aryl methyl sites for hydroxylation is 1. The Kier molecular flexibility index (Phi) is 5.22. The van der Waals surface area contributed by atoms with Gasteiger partial charge in [-0.2, -0.15) is 0 Å². The highest BCUT2D eigenvalue weighted by Crippen LogP contribution is 2.32. The maximum atomic E-state index is 12.8. The van der Waals surface area contributed by atoms with Crippen molar-refractivity contribution in [2.75, 3.05) is 24.5 Å². The quantitative estimate of drug-likeness (QED) is 0.725. The molecule has 0 aromatic heterocycles. The van der Waals surface area contributed by atoms with E-state index in [1.165, 1.54) is 29.1 Å². The average Bonchev–Trinajstić information content (AvgIpc) is 2.68. The Bertz CT molecular complexity index is 931. The summed E-state index contributed by atoms with van der Waals surface area (Å²) in [5.41, 5.74) is 3.17. The second-order valence-corrected chi connectivity index (χ2v) is 8.48. The van der Waals surface area contributed by atoms with E-state index in [-0.39, 0.29) is 23.1 Å². The number of allylic oxidation sites excluding steroid dienone is 3. The maximum absolute atomic E-state index is 12.8. The van der Waals surface area contributed by atoms with E-state index < -0.39 is 0 Å². The Morgan fingerprint density at radius 1 is 1.29 bits per heavy atom. The van der Waals surface area contributed by atoms with Gasteiger partial charge in [0.1, 0.15) is 0 Å². The van der Waals surface area contributed by atoms with Crippen LogP contribution >= 0.6 is 11.8 Å². The zero-order valence-electron chi connectivity index (χ0n) is 16.0. The summed E-state index contributed by atoms with van der Waals surface area (Å²) in [6.07, 6.45) is 9.13. The van der Waals surface area contributed by atoms with Gasteiger partial charge in [-0.05, 0) is 37.6 Å². The lowest BCUT2D eigenvalue weighted by molar-refractivity contribution is -0.127. The first-order valence-electron chi connectivity index (χ1n) is 9.49. The molecular formula is C22H23N3O2S. The predicted octanol–water partition coefficient (Wildman–Crippen LogP) is 3.13.